The Labute approximate surface area is 284 Å². The van der Waals surface area contributed by atoms with E-state index < -0.39 is 20.2 Å². The molecule has 2 aromatic carbocycles. The number of unbranched alkanes of at least 4 members (excludes halogenated alkanes) is 2. The smallest absolute Gasteiger partial charge is 0.312 e. The van der Waals surface area contributed by atoms with Crippen molar-refractivity contribution in [3.63, 3.8) is 0 Å². The van der Waals surface area contributed by atoms with Gasteiger partial charge in [0.25, 0.3) is 25.9 Å². The molecular formula is C33H37N8O6S2+. The molecule has 5 aromatic rings. The fraction of sp³-hybridized carbons (Fsp3) is 0.303. The molecule has 4 heterocycles. The van der Waals surface area contributed by atoms with E-state index in [2.05, 4.69) is 0 Å². The molecule has 0 saturated heterocycles. The van der Waals surface area contributed by atoms with Gasteiger partial charge in [0.1, 0.15) is 11.3 Å². The number of aryl methyl sites for hydroxylation is 2. The summed E-state index contributed by atoms with van der Waals surface area (Å²) in [5, 5.41) is 0. The summed E-state index contributed by atoms with van der Waals surface area (Å²) in [6.07, 6.45) is 11.1. The second kappa shape index (κ2) is 14.0. The van der Waals surface area contributed by atoms with E-state index in [9.17, 15) is 25.9 Å². The van der Waals surface area contributed by atoms with E-state index in [-0.39, 0.29) is 11.5 Å². The summed E-state index contributed by atoms with van der Waals surface area (Å²) in [7, 11) is -4.30. The third kappa shape index (κ3) is 7.77. The lowest BCUT2D eigenvalue weighted by Crippen LogP contribution is -2.31. The molecule has 0 bridgehead atoms. The highest BCUT2D eigenvalue weighted by Crippen LogP contribution is 2.39. The van der Waals surface area contributed by atoms with Crippen LogP contribution in [-0.4, -0.2) is 75.5 Å². The molecule has 0 atom stereocenters. The number of aromatic nitrogens is 6. The highest BCUT2D eigenvalue weighted by atomic mass is 32.2. The first-order valence-corrected chi connectivity index (χ1v) is 19.0. The molecule has 6 rings (SSSR count). The summed E-state index contributed by atoms with van der Waals surface area (Å²) in [5.74, 6) is 2.34. The second-order valence-corrected chi connectivity index (χ2v) is 14.9. The molecule has 1 aliphatic rings. The summed E-state index contributed by atoms with van der Waals surface area (Å²) < 4.78 is 67.5. The lowest BCUT2D eigenvalue weighted by Gasteiger charge is -2.21. The van der Waals surface area contributed by atoms with E-state index in [4.69, 9.17) is 19.9 Å². The van der Waals surface area contributed by atoms with Crippen LogP contribution in [0.25, 0.3) is 39.4 Å². The molecular weight excluding hydrogens is 669 g/mol. The Balaban J connectivity index is 1.29. The summed E-state index contributed by atoms with van der Waals surface area (Å²) in [6.45, 7) is 0.939. The number of nitrogens with zero attached hydrogens (tertiary/aromatic N) is 8. The van der Waals surface area contributed by atoms with Crippen LogP contribution in [0.5, 0.6) is 0 Å². The molecule has 3 aromatic heterocycles. The molecule has 1 aliphatic heterocycles. The monoisotopic (exact) mass is 705 g/mol. The maximum absolute atomic E-state index is 11.3. The van der Waals surface area contributed by atoms with Crippen LogP contribution < -0.4 is 14.4 Å². The zero-order chi connectivity index (χ0) is 34.8. The van der Waals surface area contributed by atoms with Crippen LogP contribution in [0, 0.1) is 0 Å². The number of imidazole rings is 1. The van der Waals surface area contributed by atoms with Crippen molar-refractivity contribution < 1.29 is 30.5 Å². The average Bonchev–Trinajstić information content (AvgIpc) is 3.46. The van der Waals surface area contributed by atoms with Gasteiger partial charge in [-0.2, -0.15) is 16.8 Å². The van der Waals surface area contributed by atoms with Gasteiger partial charge < -0.3 is 9.80 Å². The van der Waals surface area contributed by atoms with Crippen LogP contribution in [0.4, 0.5) is 11.6 Å². The number of rotatable bonds is 13. The van der Waals surface area contributed by atoms with Crippen LogP contribution in [0.2, 0.25) is 0 Å². The number of para-hydroxylation sites is 4. The standard InChI is InChI=1S/C33H36N8O6S2/c1-38-28(40(20-10-12-22-48(42,43)44)32-30(38)34-24-14-6-8-16-26(24)36-32)18-4-3-5-19-29-39(2)31-33(37-27-17-9-7-15-25(27)35-31)41(29)21-11-13-23-49(45,46)47/h3-9,14-19H,10-13,20-23H2,1-2H3,(H-,42,43,44,45,46,47)/p+1. The lowest BCUT2D eigenvalue weighted by atomic mass is 10.3. The van der Waals surface area contributed by atoms with Crippen LogP contribution in [0.3, 0.4) is 0 Å². The number of anilines is 2. The van der Waals surface area contributed by atoms with Gasteiger partial charge in [0, 0.05) is 19.7 Å². The Morgan fingerprint density at radius 3 is 1.88 bits per heavy atom. The third-order valence-electron chi connectivity index (χ3n) is 8.24. The molecule has 49 heavy (non-hydrogen) atoms. The molecule has 16 heteroatoms. The Kier molecular flexibility index (Phi) is 9.74. The quantitative estimate of drug-likeness (QED) is 0.0779. The topological polar surface area (TPSA) is 176 Å². The van der Waals surface area contributed by atoms with Gasteiger partial charge in [0.2, 0.25) is 5.82 Å². The van der Waals surface area contributed by atoms with Crippen LogP contribution in [0.15, 0.2) is 78.7 Å². The number of allylic oxidation sites excluding steroid dienone is 4. The Morgan fingerprint density at radius 1 is 0.714 bits per heavy atom. The molecule has 0 fully saturated rings. The molecule has 0 aliphatic carbocycles. The Bertz CT molecular complexity index is 2350. The maximum atomic E-state index is 11.3. The van der Waals surface area contributed by atoms with Crippen molar-refractivity contribution in [2.45, 2.75) is 32.2 Å². The molecule has 14 nitrogen and oxygen atoms in total. The number of fused-ring (bicyclic) bond motifs is 4. The fourth-order valence-electron chi connectivity index (χ4n) is 5.87. The molecule has 0 unspecified atom stereocenters. The van der Waals surface area contributed by atoms with Gasteiger partial charge >= 0.3 is 5.65 Å². The zero-order valence-corrected chi connectivity index (χ0v) is 28.7. The zero-order valence-electron chi connectivity index (χ0n) is 27.1. The van der Waals surface area contributed by atoms with E-state index in [0.717, 1.165) is 33.7 Å². The highest BCUT2D eigenvalue weighted by Gasteiger charge is 2.32. The highest BCUT2D eigenvalue weighted by molar-refractivity contribution is 7.86. The number of hydrogen-bond acceptors (Lipinski definition) is 10. The average molecular weight is 706 g/mol. The third-order valence-corrected chi connectivity index (χ3v) is 9.85. The van der Waals surface area contributed by atoms with Crippen molar-refractivity contribution in [1.82, 2.24) is 24.5 Å². The van der Waals surface area contributed by atoms with Gasteiger partial charge in [-0.25, -0.2) is 24.1 Å². The minimum atomic E-state index is -4.05. The molecule has 2 N–H and O–H groups in total. The van der Waals surface area contributed by atoms with Crippen molar-refractivity contribution >= 4 is 71.3 Å². The SMILES string of the molecule is CN1C(=CC=CC=Cc2n(CCCCS(=O)(=O)O)c3nc4ccccc4nc3[n+]2C)N(CCCCS(=O)(=O)O)c2nc3ccccc3nc21. The minimum absolute atomic E-state index is 0.293. The van der Waals surface area contributed by atoms with E-state index >= 15 is 0 Å². The van der Waals surface area contributed by atoms with E-state index in [1.807, 2.05) is 112 Å². The fourth-order valence-corrected chi connectivity index (χ4v) is 7.01. The Morgan fingerprint density at radius 2 is 1.27 bits per heavy atom. The van der Waals surface area contributed by atoms with Crippen molar-refractivity contribution in [3.05, 3.63) is 84.5 Å². The van der Waals surface area contributed by atoms with Crippen LogP contribution in [-0.2, 0) is 33.8 Å². The first kappa shape index (κ1) is 34.1. The minimum Gasteiger partial charge on any atom is -0.312 e. The maximum Gasteiger partial charge on any atom is 0.322 e. The van der Waals surface area contributed by atoms with Crippen molar-refractivity contribution in [2.75, 3.05) is 34.9 Å². The predicted octanol–water partition coefficient (Wildman–Crippen LogP) is 4.06. The van der Waals surface area contributed by atoms with Crippen molar-refractivity contribution in [2.24, 2.45) is 7.05 Å². The molecule has 256 valence electrons. The van der Waals surface area contributed by atoms with Crippen LogP contribution in [0.1, 0.15) is 31.5 Å². The molecule has 0 saturated carbocycles. The second-order valence-electron chi connectivity index (χ2n) is 11.8. The summed E-state index contributed by atoms with van der Waals surface area (Å²) >= 11 is 0. The normalized spacial score (nSPS) is 14.9. The summed E-state index contributed by atoms with van der Waals surface area (Å²) in [5.41, 5.74) is 4.36. The van der Waals surface area contributed by atoms with Gasteiger partial charge in [0.15, 0.2) is 17.2 Å². The van der Waals surface area contributed by atoms with Crippen molar-refractivity contribution in [3.8, 4) is 0 Å². The van der Waals surface area contributed by atoms with Gasteiger partial charge in [0.05, 0.1) is 36.1 Å². The van der Waals surface area contributed by atoms with Gasteiger partial charge in [-0.3, -0.25) is 9.11 Å². The van der Waals surface area contributed by atoms with E-state index in [0.29, 0.717) is 61.7 Å². The van der Waals surface area contributed by atoms with Gasteiger partial charge in [-0.1, -0.05) is 47.5 Å². The molecule has 0 amide bonds. The molecule has 0 spiro atoms. The van der Waals surface area contributed by atoms with Gasteiger partial charge in [-0.05, 0) is 56.0 Å². The molecule has 0 radical (unpaired) electrons. The van der Waals surface area contributed by atoms with Crippen molar-refractivity contribution in [1.29, 1.82) is 0 Å². The van der Waals surface area contributed by atoms with Crippen LogP contribution >= 0.6 is 0 Å². The first-order chi connectivity index (χ1) is 23.4. The van der Waals surface area contributed by atoms with E-state index in [1.165, 1.54) is 0 Å². The van der Waals surface area contributed by atoms with Gasteiger partial charge in [-0.15, -0.1) is 0 Å². The summed E-state index contributed by atoms with van der Waals surface area (Å²) in [6, 6.07) is 15.2. The largest absolute Gasteiger partial charge is 0.322 e. The lowest BCUT2D eigenvalue weighted by molar-refractivity contribution is -0.649. The Hall–Kier alpha value is -4.77. The first-order valence-electron chi connectivity index (χ1n) is 15.8. The number of hydrogen-bond donors (Lipinski definition) is 2. The predicted molar refractivity (Wildman–Crippen MR) is 189 cm³/mol. The summed E-state index contributed by atoms with van der Waals surface area (Å²) in [4.78, 5) is 23.3. The number of benzene rings is 2. The van der Waals surface area contributed by atoms with E-state index in [1.54, 1.807) is 0 Å².